The van der Waals surface area contributed by atoms with Crippen LogP contribution in [0.3, 0.4) is 0 Å². The third-order valence-corrected chi connectivity index (χ3v) is 2.14. The van der Waals surface area contributed by atoms with E-state index in [-0.39, 0.29) is 0 Å². The van der Waals surface area contributed by atoms with Crippen LogP contribution < -0.4 is 5.32 Å². The molecule has 0 unspecified atom stereocenters. The van der Waals surface area contributed by atoms with Crippen molar-refractivity contribution in [2.75, 3.05) is 5.32 Å². The summed E-state index contributed by atoms with van der Waals surface area (Å²) >= 11 is 5.81. The molecule has 0 aliphatic heterocycles. The molecule has 0 saturated carbocycles. The number of imidazole rings is 1. The Morgan fingerprint density at radius 3 is 3.07 bits per heavy atom. The van der Waals surface area contributed by atoms with Gasteiger partial charge in [-0.15, -0.1) is 5.10 Å². The van der Waals surface area contributed by atoms with Crippen LogP contribution in [0, 0.1) is 0 Å². The summed E-state index contributed by atoms with van der Waals surface area (Å²) in [5, 5.41) is 10.7. The third kappa shape index (κ3) is 1.69. The Morgan fingerprint density at radius 2 is 2.50 bits per heavy atom. The van der Waals surface area contributed by atoms with Gasteiger partial charge in [-0.1, -0.05) is 16.7 Å². The van der Waals surface area contributed by atoms with Crippen molar-refractivity contribution in [2.45, 2.75) is 6.54 Å². The minimum absolute atomic E-state index is 0.365. The van der Waals surface area contributed by atoms with E-state index in [2.05, 4.69) is 20.5 Å². The molecule has 74 valence electrons. The number of aromatic nitrogens is 4. The Labute approximate surface area is 84.9 Å². The molecule has 2 aromatic rings. The second-order valence-corrected chi connectivity index (χ2v) is 3.04. The molecular formula is C7H8ClN5O. The normalized spacial score (nSPS) is 10.4. The Balaban J connectivity index is 2.02. The van der Waals surface area contributed by atoms with Gasteiger partial charge in [0, 0.05) is 7.05 Å². The minimum atomic E-state index is 0.365. The van der Waals surface area contributed by atoms with Gasteiger partial charge in [-0.2, -0.15) is 0 Å². The summed E-state index contributed by atoms with van der Waals surface area (Å²) in [4.78, 5) is 4.09. The highest BCUT2D eigenvalue weighted by molar-refractivity contribution is 6.29. The first kappa shape index (κ1) is 9.01. The molecule has 0 amide bonds. The van der Waals surface area contributed by atoms with Crippen LogP contribution in [-0.2, 0) is 13.6 Å². The summed E-state index contributed by atoms with van der Waals surface area (Å²) < 4.78 is 6.67. The molecule has 0 aliphatic rings. The van der Waals surface area contributed by atoms with Crippen LogP contribution in [0.4, 0.5) is 6.01 Å². The van der Waals surface area contributed by atoms with Gasteiger partial charge in [-0.3, -0.25) is 0 Å². The first-order valence-corrected chi connectivity index (χ1v) is 4.31. The van der Waals surface area contributed by atoms with Gasteiger partial charge in [-0.05, 0) is 0 Å². The number of anilines is 1. The Bertz CT molecular complexity index is 410. The van der Waals surface area contributed by atoms with Gasteiger partial charge in [0.05, 0.1) is 12.7 Å². The summed E-state index contributed by atoms with van der Waals surface area (Å²) in [6.45, 7) is 0.491. The van der Waals surface area contributed by atoms with Crippen molar-refractivity contribution >= 4 is 17.6 Å². The van der Waals surface area contributed by atoms with E-state index in [4.69, 9.17) is 16.0 Å². The van der Waals surface area contributed by atoms with Gasteiger partial charge in [0.1, 0.15) is 11.0 Å². The molecule has 0 atom stereocenters. The number of nitrogens with one attached hydrogen (secondary N) is 1. The lowest BCUT2D eigenvalue weighted by Gasteiger charge is -2.01. The molecule has 0 spiro atoms. The molecule has 2 heterocycles. The van der Waals surface area contributed by atoms with Crippen LogP contribution in [0.25, 0.3) is 0 Å². The zero-order valence-corrected chi connectivity index (χ0v) is 8.19. The van der Waals surface area contributed by atoms with E-state index in [0.717, 1.165) is 5.82 Å². The van der Waals surface area contributed by atoms with Gasteiger partial charge in [0.2, 0.25) is 6.39 Å². The predicted molar refractivity (Wildman–Crippen MR) is 49.8 cm³/mol. The van der Waals surface area contributed by atoms with Crippen molar-refractivity contribution in [3.8, 4) is 0 Å². The molecule has 2 rings (SSSR count). The fourth-order valence-electron chi connectivity index (χ4n) is 0.993. The maximum absolute atomic E-state index is 5.81. The van der Waals surface area contributed by atoms with E-state index in [1.165, 1.54) is 6.39 Å². The zero-order valence-electron chi connectivity index (χ0n) is 7.44. The van der Waals surface area contributed by atoms with Gasteiger partial charge >= 0.3 is 6.01 Å². The van der Waals surface area contributed by atoms with Gasteiger partial charge in [0.25, 0.3) is 0 Å². The molecule has 0 bridgehead atoms. The lowest BCUT2D eigenvalue weighted by Crippen LogP contribution is -2.06. The molecular weight excluding hydrogens is 206 g/mol. The Kier molecular flexibility index (Phi) is 2.36. The van der Waals surface area contributed by atoms with Crippen molar-refractivity contribution in [3.63, 3.8) is 0 Å². The summed E-state index contributed by atoms with van der Waals surface area (Å²) in [6, 6.07) is 0.365. The number of nitrogens with zero attached hydrogens (tertiary/aromatic N) is 4. The van der Waals surface area contributed by atoms with E-state index in [1.54, 1.807) is 10.8 Å². The summed E-state index contributed by atoms with van der Waals surface area (Å²) in [5.41, 5.74) is 0. The highest BCUT2D eigenvalue weighted by Gasteiger charge is 2.05. The lowest BCUT2D eigenvalue weighted by atomic mass is 10.6. The van der Waals surface area contributed by atoms with E-state index in [1.807, 2.05) is 7.05 Å². The lowest BCUT2D eigenvalue weighted by molar-refractivity contribution is 0.563. The number of hydrogen-bond acceptors (Lipinski definition) is 5. The topological polar surface area (TPSA) is 68.8 Å². The molecule has 14 heavy (non-hydrogen) atoms. The Hall–Kier alpha value is -1.56. The third-order valence-electron chi connectivity index (χ3n) is 1.79. The first-order valence-electron chi connectivity index (χ1n) is 3.93. The van der Waals surface area contributed by atoms with Crippen LogP contribution >= 0.6 is 11.6 Å². The van der Waals surface area contributed by atoms with Crippen molar-refractivity contribution in [2.24, 2.45) is 7.05 Å². The fourth-order valence-corrected chi connectivity index (χ4v) is 1.14. The standard InChI is InChI=1S/C7H8ClN5O/c1-13-5(8)2-9-6(13)3-10-7-12-11-4-14-7/h2,4H,3H2,1H3,(H,10,12). The number of halogens is 1. The van der Waals surface area contributed by atoms with Crippen molar-refractivity contribution in [1.29, 1.82) is 0 Å². The molecule has 0 radical (unpaired) electrons. The van der Waals surface area contributed by atoms with E-state index >= 15 is 0 Å². The highest BCUT2D eigenvalue weighted by atomic mass is 35.5. The van der Waals surface area contributed by atoms with E-state index in [0.29, 0.717) is 17.7 Å². The average molecular weight is 214 g/mol. The van der Waals surface area contributed by atoms with Crippen LogP contribution in [0.15, 0.2) is 17.0 Å². The van der Waals surface area contributed by atoms with Crippen LogP contribution in [0.5, 0.6) is 0 Å². The zero-order chi connectivity index (χ0) is 9.97. The highest BCUT2D eigenvalue weighted by Crippen LogP contribution is 2.10. The fraction of sp³-hybridized carbons (Fsp3) is 0.286. The molecule has 1 N–H and O–H groups in total. The summed E-state index contributed by atoms with van der Waals surface area (Å²) in [6.07, 6.45) is 2.85. The quantitative estimate of drug-likeness (QED) is 0.826. The van der Waals surface area contributed by atoms with E-state index in [9.17, 15) is 0 Å². The van der Waals surface area contributed by atoms with Crippen molar-refractivity contribution < 1.29 is 4.42 Å². The summed E-state index contributed by atoms with van der Waals surface area (Å²) in [5.74, 6) is 0.799. The Morgan fingerprint density at radius 1 is 1.64 bits per heavy atom. The smallest absolute Gasteiger partial charge is 0.315 e. The van der Waals surface area contributed by atoms with Gasteiger partial charge in [-0.25, -0.2) is 4.98 Å². The molecule has 6 nitrogen and oxygen atoms in total. The second-order valence-electron chi connectivity index (χ2n) is 2.65. The SMILES string of the molecule is Cn1c(Cl)cnc1CNc1nnco1. The molecule has 0 aromatic carbocycles. The molecule has 0 fully saturated rings. The average Bonchev–Trinajstić information content (AvgIpc) is 2.77. The van der Waals surface area contributed by atoms with Crippen molar-refractivity contribution in [1.82, 2.24) is 19.7 Å². The molecule has 7 heteroatoms. The maximum Gasteiger partial charge on any atom is 0.315 e. The first-order chi connectivity index (χ1) is 6.77. The van der Waals surface area contributed by atoms with Crippen LogP contribution in [0.2, 0.25) is 5.15 Å². The van der Waals surface area contributed by atoms with Gasteiger partial charge < -0.3 is 14.3 Å². The number of hydrogen-bond donors (Lipinski definition) is 1. The van der Waals surface area contributed by atoms with Crippen LogP contribution in [0.1, 0.15) is 5.82 Å². The molecule has 0 saturated heterocycles. The van der Waals surface area contributed by atoms with Crippen molar-refractivity contribution in [3.05, 3.63) is 23.6 Å². The van der Waals surface area contributed by atoms with E-state index < -0.39 is 0 Å². The summed E-state index contributed by atoms with van der Waals surface area (Å²) in [7, 11) is 1.83. The van der Waals surface area contributed by atoms with Gasteiger partial charge in [0.15, 0.2) is 0 Å². The van der Waals surface area contributed by atoms with Crippen LogP contribution in [-0.4, -0.2) is 19.7 Å². The monoisotopic (exact) mass is 213 g/mol. The number of rotatable bonds is 3. The molecule has 0 aliphatic carbocycles. The maximum atomic E-state index is 5.81. The minimum Gasteiger partial charge on any atom is -0.411 e. The second kappa shape index (κ2) is 3.67. The molecule has 2 aromatic heterocycles. The largest absolute Gasteiger partial charge is 0.411 e. The predicted octanol–water partition coefficient (Wildman–Crippen LogP) is 1.07.